The van der Waals surface area contributed by atoms with Crippen LogP contribution in [0.25, 0.3) is 0 Å². The Kier molecular flexibility index (Phi) is 4.28. The van der Waals surface area contributed by atoms with Gasteiger partial charge in [-0.05, 0) is 18.9 Å². The number of benzene rings is 1. The van der Waals surface area contributed by atoms with E-state index in [2.05, 4.69) is 0 Å². The third-order valence-electron chi connectivity index (χ3n) is 3.10. The third-order valence-corrected chi connectivity index (χ3v) is 5.45. The summed E-state index contributed by atoms with van der Waals surface area (Å²) < 4.78 is 26.0. The normalized spacial score (nSPS) is 20.8. The molecule has 1 aromatic rings. The van der Waals surface area contributed by atoms with Crippen LogP contribution >= 0.6 is 11.6 Å². The molecule has 0 amide bonds. The lowest BCUT2D eigenvalue weighted by molar-refractivity contribution is -0.385. The van der Waals surface area contributed by atoms with Gasteiger partial charge in [0.1, 0.15) is 4.90 Å². The summed E-state index contributed by atoms with van der Waals surface area (Å²) in [6.45, 7) is 0.236. The van der Waals surface area contributed by atoms with E-state index in [1.807, 2.05) is 0 Å². The third kappa shape index (κ3) is 2.93. The van der Waals surface area contributed by atoms with E-state index in [9.17, 15) is 23.6 Å². The Hall–Kier alpha value is -1.22. The van der Waals surface area contributed by atoms with Crippen LogP contribution in [-0.4, -0.2) is 41.9 Å². The molecule has 1 aromatic carbocycles. The van der Waals surface area contributed by atoms with Crippen LogP contribution in [-0.2, 0) is 10.0 Å². The highest BCUT2D eigenvalue weighted by Crippen LogP contribution is 2.30. The molecule has 1 fully saturated rings. The fourth-order valence-corrected chi connectivity index (χ4v) is 4.09. The van der Waals surface area contributed by atoms with Gasteiger partial charge in [0.2, 0.25) is 10.0 Å². The van der Waals surface area contributed by atoms with Crippen LogP contribution in [0.3, 0.4) is 0 Å². The average Bonchev–Trinajstić information content (AvgIpc) is 2.38. The number of aliphatic hydroxyl groups excluding tert-OH is 1. The van der Waals surface area contributed by atoms with Crippen molar-refractivity contribution in [3.63, 3.8) is 0 Å². The van der Waals surface area contributed by atoms with Gasteiger partial charge in [-0.2, -0.15) is 4.31 Å². The summed E-state index contributed by atoms with van der Waals surface area (Å²) in [4.78, 5) is 9.75. The van der Waals surface area contributed by atoms with Crippen molar-refractivity contribution in [2.75, 3.05) is 13.1 Å². The number of halogens is 1. The topological polar surface area (TPSA) is 101 Å². The van der Waals surface area contributed by atoms with Crippen LogP contribution in [0.1, 0.15) is 12.8 Å². The molecule has 9 heteroatoms. The number of nitro benzene ring substituents is 1. The Labute approximate surface area is 121 Å². The molecule has 1 saturated heterocycles. The first-order chi connectivity index (χ1) is 9.32. The Morgan fingerprint density at radius 1 is 1.45 bits per heavy atom. The van der Waals surface area contributed by atoms with Gasteiger partial charge in [-0.3, -0.25) is 10.1 Å². The molecule has 110 valence electrons. The summed E-state index contributed by atoms with van der Waals surface area (Å²) in [6.07, 6.45) is 0.345. The lowest BCUT2D eigenvalue weighted by atomic mass is 10.1. The molecule has 20 heavy (non-hydrogen) atoms. The van der Waals surface area contributed by atoms with Gasteiger partial charge in [0, 0.05) is 25.2 Å². The number of hydrogen-bond donors (Lipinski definition) is 1. The van der Waals surface area contributed by atoms with E-state index < -0.39 is 21.1 Å². The predicted octanol–water partition coefficient (Wildman–Crippen LogP) is 1.39. The SMILES string of the molecule is O=[N+]([O-])c1ccc(Cl)c(S(=O)(=O)N2CCCC(O)C2)c1. The molecule has 1 aliphatic rings. The van der Waals surface area contributed by atoms with Crippen molar-refractivity contribution in [2.45, 2.75) is 23.8 Å². The molecule has 1 N–H and O–H groups in total. The van der Waals surface area contributed by atoms with E-state index >= 15 is 0 Å². The highest BCUT2D eigenvalue weighted by Gasteiger charge is 2.32. The molecule has 0 aliphatic carbocycles. The van der Waals surface area contributed by atoms with Crippen LogP contribution < -0.4 is 0 Å². The van der Waals surface area contributed by atoms with Gasteiger partial charge < -0.3 is 5.11 Å². The van der Waals surface area contributed by atoms with E-state index in [0.29, 0.717) is 12.8 Å². The molecule has 0 aromatic heterocycles. The van der Waals surface area contributed by atoms with Crippen molar-refractivity contribution in [1.82, 2.24) is 4.31 Å². The van der Waals surface area contributed by atoms with Crippen molar-refractivity contribution in [1.29, 1.82) is 0 Å². The largest absolute Gasteiger partial charge is 0.392 e. The summed E-state index contributed by atoms with van der Waals surface area (Å²) in [7, 11) is -3.94. The van der Waals surface area contributed by atoms with Crippen molar-refractivity contribution in [2.24, 2.45) is 0 Å². The van der Waals surface area contributed by atoms with Crippen LogP contribution in [0.15, 0.2) is 23.1 Å². The Bertz CT molecular complexity index is 634. The molecule has 0 bridgehead atoms. The smallest absolute Gasteiger partial charge is 0.270 e. The summed E-state index contributed by atoms with van der Waals surface area (Å²) >= 11 is 5.85. The minimum Gasteiger partial charge on any atom is -0.392 e. The Morgan fingerprint density at radius 2 is 2.15 bits per heavy atom. The van der Waals surface area contributed by atoms with Crippen LogP contribution in [0.5, 0.6) is 0 Å². The van der Waals surface area contributed by atoms with Crippen molar-refractivity contribution in [3.8, 4) is 0 Å². The Balaban J connectivity index is 2.43. The average molecular weight is 321 g/mol. The minimum absolute atomic E-state index is 0.0264. The number of non-ortho nitro benzene ring substituents is 1. The van der Waals surface area contributed by atoms with Crippen molar-refractivity contribution in [3.05, 3.63) is 33.3 Å². The van der Waals surface area contributed by atoms with Crippen LogP contribution in [0, 0.1) is 10.1 Å². The second-order valence-corrected chi connectivity index (χ2v) is 6.84. The number of rotatable bonds is 3. The van der Waals surface area contributed by atoms with E-state index in [4.69, 9.17) is 11.6 Å². The van der Waals surface area contributed by atoms with E-state index in [1.54, 1.807) is 0 Å². The molecule has 1 unspecified atom stereocenters. The lowest BCUT2D eigenvalue weighted by Gasteiger charge is -2.29. The molecule has 0 spiro atoms. The number of β-amino-alcohol motifs (C(OH)–C–C–N with tert-alkyl or cyclic N) is 1. The molecule has 0 saturated carbocycles. The van der Waals surface area contributed by atoms with E-state index in [0.717, 1.165) is 16.4 Å². The van der Waals surface area contributed by atoms with Gasteiger partial charge >= 0.3 is 0 Å². The zero-order valence-corrected chi connectivity index (χ0v) is 12.0. The molecule has 7 nitrogen and oxygen atoms in total. The number of sulfonamides is 1. The van der Waals surface area contributed by atoms with Gasteiger partial charge in [0.25, 0.3) is 5.69 Å². The zero-order valence-electron chi connectivity index (χ0n) is 10.4. The number of nitrogens with zero attached hydrogens (tertiary/aromatic N) is 2. The monoisotopic (exact) mass is 320 g/mol. The molecule has 0 radical (unpaired) electrons. The first kappa shape index (κ1) is 15.2. The highest BCUT2D eigenvalue weighted by atomic mass is 35.5. The molecule has 1 heterocycles. The molecule has 2 rings (SSSR count). The standard InChI is InChI=1S/C11H13ClN2O5S/c12-10-4-3-8(14(16)17)6-11(10)20(18,19)13-5-1-2-9(15)7-13/h3-4,6,9,15H,1-2,5,7H2. The summed E-state index contributed by atoms with van der Waals surface area (Å²) in [5.74, 6) is 0. The highest BCUT2D eigenvalue weighted by molar-refractivity contribution is 7.89. The summed E-state index contributed by atoms with van der Waals surface area (Å²) in [5, 5.41) is 20.2. The predicted molar refractivity (Wildman–Crippen MR) is 72.1 cm³/mol. The number of piperidine rings is 1. The van der Waals surface area contributed by atoms with Crippen LogP contribution in [0.4, 0.5) is 5.69 Å². The van der Waals surface area contributed by atoms with Gasteiger partial charge in [-0.25, -0.2) is 8.42 Å². The zero-order chi connectivity index (χ0) is 14.9. The van der Waals surface area contributed by atoms with Gasteiger partial charge in [-0.15, -0.1) is 0 Å². The maximum absolute atomic E-state index is 12.4. The van der Waals surface area contributed by atoms with E-state index in [-0.39, 0.29) is 28.7 Å². The van der Waals surface area contributed by atoms with Crippen molar-refractivity contribution < 1.29 is 18.4 Å². The molecular formula is C11H13ClN2O5S. The quantitative estimate of drug-likeness (QED) is 0.670. The minimum atomic E-state index is -3.94. The first-order valence-electron chi connectivity index (χ1n) is 5.94. The second kappa shape index (κ2) is 5.65. The molecule has 1 aliphatic heterocycles. The first-order valence-corrected chi connectivity index (χ1v) is 7.76. The fraction of sp³-hybridized carbons (Fsp3) is 0.455. The van der Waals surface area contributed by atoms with Crippen molar-refractivity contribution >= 4 is 27.3 Å². The second-order valence-electron chi connectivity index (χ2n) is 4.53. The van der Waals surface area contributed by atoms with Gasteiger partial charge in [-0.1, -0.05) is 11.6 Å². The van der Waals surface area contributed by atoms with E-state index in [1.165, 1.54) is 6.07 Å². The number of nitro groups is 1. The number of hydrogen-bond acceptors (Lipinski definition) is 5. The Morgan fingerprint density at radius 3 is 2.75 bits per heavy atom. The van der Waals surface area contributed by atoms with Gasteiger partial charge in [0.15, 0.2) is 0 Å². The summed E-state index contributed by atoms with van der Waals surface area (Å²) in [5.41, 5.74) is -0.342. The van der Waals surface area contributed by atoms with Gasteiger partial charge in [0.05, 0.1) is 16.0 Å². The molecule has 1 atom stereocenters. The maximum Gasteiger partial charge on any atom is 0.270 e. The molecular weight excluding hydrogens is 308 g/mol. The fourth-order valence-electron chi connectivity index (χ4n) is 2.08. The van der Waals surface area contributed by atoms with Crippen LogP contribution in [0.2, 0.25) is 5.02 Å². The number of aliphatic hydroxyl groups is 1. The lowest BCUT2D eigenvalue weighted by Crippen LogP contribution is -2.42. The summed E-state index contributed by atoms with van der Waals surface area (Å²) in [6, 6.07) is 3.28. The maximum atomic E-state index is 12.4.